The fourth-order valence-corrected chi connectivity index (χ4v) is 3.10. The van der Waals surface area contributed by atoms with Gasteiger partial charge in [0, 0.05) is 0 Å². The van der Waals surface area contributed by atoms with Crippen LogP contribution in [0.15, 0.2) is 0 Å². The van der Waals surface area contributed by atoms with Gasteiger partial charge in [-0.2, -0.15) is 77.2 Å². The summed E-state index contributed by atoms with van der Waals surface area (Å²) in [5.41, 5.74) is 9.37. The van der Waals surface area contributed by atoms with E-state index in [-0.39, 0.29) is 26.2 Å². The Morgan fingerprint density at radius 3 is 0.900 bits per heavy atom. The van der Waals surface area contributed by atoms with Gasteiger partial charge in [-0.15, -0.1) is 0 Å². The maximum Gasteiger partial charge on any atom is 2.00 e. The summed E-state index contributed by atoms with van der Waals surface area (Å²) in [4.78, 5) is 0. The molecule has 170 valence electrons. The van der Waals surface area contributed by atoms with Crippen molar-refractivity contribution in [3.63, 3.8) is 0 Å². The first-order valence-corrected chi connectivity index (χ1v) is 10.6. The zero-order valence-corrected chi connectivity index (χ0v) is 23.0. The number of hydrogen-bond donors (Lipinski definition) is 0. The second-order valence-electron chi connectivity index (χ2n) is 7.32. The van der Waals surface area contributed by atoms with Gasteiger partial charge in [-0.1, -0.05) is 69.2 Å². The minimum absolute atomic E-state index is 0. The van der Waals surface area contributed by atoms with Gasteiger partial charge in [0.1, 0.15) is 0 Å². The van der Waals surface area contributed by atoms with Crippen LogP contribution < -0.4 is 0 Å². The molecular formula is C22H33F3O3SZr. The summed E-state index contributed by atoms with van der Waals surface area (Å²) in [6.07, 6.45) is 0. The monoisotopic (exact) mass is 524 g/mol. The first kappa shape index (κ1) is 31.5. The average Bonchev–Trinajstić information content (AvgIpc) is 2.92. The molecule has 0 radical (unpaired) electrons. The average molecular weight is 526 g/mol. The summed E-state index contributed by atoms with van der Waals surface area (Å²) in [7, 11) is -4.89. The summed E-state index contributed by atoms with van der Waals surface area (Å²) in [6, 6.07) is 0. The largest absolute Gasteiger partial charge is 2.00 e. The van der Waals surface area contributed by atoms with Crippen LogP contribution >= 0.6 is 0 Å². The zero-order valence-electron chi connectivity index (χ0n) is 19.8. The Labute approximate surface area is 199 Å². The van der Waals surface area contributed by atoms with E-state index >= 15 is 0 Å². The summed E-state index contributed by atoms with van der Waals surface area (Å²) in [5, 5.41) is 0. The molecule has 0 saturated heterocycles. The number of rotatable bonds is 1. The molecule has 0 N–H and O–H groups in total. The van der Waals surface area contributed by atoms with Crippen molar-refractivity contribution in [2.75, 3.05) is 7.11 Å². The maximum absolute atomic E-state index is 11.1. The standard InChI is InChI=1S/2C10H15.C2H3F3O3S.Zr/c2*1-6-7(2)9(4)10(5)8(6)3;1-8-9(6,7)2(3,4)5;/h2*1-5H3;1H3;/q2*-1;;+2. The van der Waals surface area contributed by atoms with E-state index in [9.17, 15) is 21.6 Å². The van der Waals surface area contributed by atoms with Gasteiger partial charge < -0.3 is 0 Å². The van der Waals surface area contributed by atoms with Crippen molar-refractivity contribution < 1.29 is 52.0 Å². The Bertz CT molecular complexity index is 733. The van der Waals surface area contributed by atoms with Gasteiger partial charge in [0.25, 0.3) is 0 Å². The van der Waals surface area contributed by atoms with Crippen molar-refractivity contribution in [3.05, 3.63) is 55.6 Å². The van der Waals surface area contributed by atoms with Crippen LogP contribution in [0.25, 0.3) is 0 Å². The summed E-state index contributed by atoms with van der Waals surface area (Å²) in [6.45, 7) is 22.0. The molecule has 0 saturated carbocycles. The molecule has 0 aliphatic rings. The van der Waals surface area contributed by atoms with E-state index < -0.39 is 15.6 Å². The van der Waals surface area contributed by atoms with Crippen molar-refractivity contribution in [1.29, 1.82) is 0 Å². The van der Waals surface area contributed by atoms with Gasteiger partial charge in [0.05, 0.1) is 7.11 Å². The molecule has 0 aromatic heterocycles. The third-order valence-corrected chi connectivity index (χ3v) is 7.13. The summed E-state index contributed by atoms with van der Waals surface area (Å²) in [5.74, 6) is 0. The summed E-state index contributed by atoms with van der Waals surface area (Å²) >= 11 is 0. The van der Waals surface area contributed by atoms with Crippen LogP contribution in [0.2, 0.25) is 0 Å². The van der Waals surface area contributed by atoms with Crippen LogP contribution in [0.3, 0.4) is 0 Å². The van der Waals surface area contributed by atoms with E-state index in [0.717, 1.165) is 0 Å². The van der Waals surface area contributed by atoms with E-state index in [1.165, 1.54) is 55.6 Å². The van der Waals surface area contributed by atoms with Crippen LogP contribution in [-0.4, -0.2) is 21.0 Å². The van der Waals surface area contributed by atoms with Crippen LogP contribution in [0.4, 0.5) is 13.2 Å². The van der Waals surface area contributed by atoms with E-state index in [1.54, 1.807) is 0 Å². The Kier molecular flexibility index (Phi) is 12.4. The molecule has 2 rings (SSSR count). The fourth-order valence-electron chi connectivity index (χ4n) is 2.91. The molecule has 8 heteroatoms. The van der Waals surface area contributed by atoms with Crippen LogP contribution in [0.5, 0.6) is 0 Å². The van der Waals surface area contributed by atoms with Crippen molar-refractivity contribution in [3.8, 4) is 0 Å². The molecule has 0 spiro atoms. The Hall–Kier alpha value is -0.717. The predicted octanol–water partition coefficient (Wildman–Crippen LogP) is 6.38. The molecule has 0 atom stereocenters. The fraction of sp³-hybridized carbons (Fsp3) is 0.545. The third kappa shape index (κ3) is 7.17. The molecule has 0 bridgehead atoms. The van der Waals surface area contributed by atoms with Gasteiger partial charge in [0.15, 0.2) is 0 Å². The van der Waals surface area contributed by atoms with Crippen molar-refractivity contribution in [1.82, 2.24) is 0 Å². The maximum atomic E-state index is 11.1. The van der Waals surface area contributed by atoms with E-state index in [2.05, 4.69) is 73.4 Å². The normalized spacial score (nSPS) is 11.1. The van der Waals surface area contributed by atoms with Crippen LogP contribution in [0.1, 0.15) is 55.6 Å². The third-order valence-electron chi connectivity index (χ3n) is 6.13. The Morgan fingerprint density at radius 2 is 0.867 bits per heavy atom. The second kappa shape index (κ2) is 11.8. The van der Waals surface area contributed by atoms with E-state index in [0.29, 0.717) is 7.11 Å². The van der Waals surface area contributed by atoms with Gasteiger partial charge in [0.2, 0.25) is 0 Å². The van der Waals surface area contributed by atoms with Gasteiger partial charge in [-0.05, 0) is 0 Å². The molecule has 0 fully saturated rings. The topological polar surface area (TPSA) is 43.4 Å². The van der Waals surface area contributed by atoms with Gasteiger partial charge >= 0.3 is 41.8 Å². The molecule has 0 amide bonds. The molecule has 30 heavy (non-hydrogen) atoms. The molecule has 0 heterocycles. The first-order valence-electron chi connectivity index (χ1n) is 9.18. The minimum atomic E-state index is -5.34. The molecule has 2 aromatic rings. The van der Waals surface area contributed by atoms with Gasteiger partial charge in [-0.3, -0.25) is 4.18 Å². The predicted molar refractivity (Wildman–Crippen MR) is 113 cm³/mol. The first-order chi connectivity index (χ1) is 12.9. The number of alkyl halides is 3. The molecule has 0 aliphatic carbocycles. The van der Waals surface area contributed by atoms with Crippen molar-refractivity contribution in [2.45, 2.75) is 74.7 Å². The SMILES string of the molecule is COS(=O)(=O)C(F)(F)F.Cc1c(C)c(C)[c-](C)c1C.Cc1c(C)c(C)[c-](C)c1C.[Zr+2]. The Morgan fingerprint density at radius 1 is 0.667 bits per heavy atom. The van der Waals surface area contributed by atoms with E-state index in [1.807, 2.05) is 0 Å². The zero-order chi connectivity index (χ0) is 23.5. The summed E-state index contributed by atoms with van der Waals surface area (Å²) < 4.78 is 55.9. The molecule has 0 aliphatic heterocycles. The minimum Gasteiger partial charge on any atom is -0.267 e. The van der Waals surface area contributed by atoms with Crippen LogP contribution in [-0.2, 0) is 40.5 Å². The molecule has 2 aromatic carbocycles. The van der Waals surface area contributed by atoms with Crippen LogP contribution in [0, 0.1) is 69.2 Å². The molecule has 3 nitrogen and oxygen atoms in total. The molecular weight excluding hydrogens is 493 g/mol. The number of halogens is 3. The smallest absolute Gasteiger partial charge is 0.267 e. The quantitative estimate of drug-likeness (QED) is 0.247. The van der Waals surface area contributed by atoms with Gasteiger partial charge in [-0.25, -0.2) is 0 Å². The second-order valence-corrected chi connectivity index (χ2v) is 9.02. The molecule has 0 unspecified atom stereocenters. The van der Waals surface area contributed by atoms with Crippen molar-refractivity contribution >= 4 is 10.1 Å². The Balaban J connectivity index is 0. The van der Waals surface area contributed by atoms with E-state index in [4.69, 9.17) is 0 Å². The number of hydrogen-bond acceptors (Lipinski definition) is 3. The van der Waals surface area contributed by atoms with Crippen molar-refractivity contribution in [2.24, 2.45) is 0 Å².